The van der Waals surface area contributed by atoms with Crippen molar-refractivity contribution in [3.63, 3.8) is 0 Å². The summed E-state index contributed by atoms with van der Waals surface area (Å²) in [6, 6.07) is 27.0. The lowest BCUT2D eigenvalue weighted by Crippen LogP contribution is -2.40. The number of fused-ring (bicyclic) bond motifs is 1. The van der Waals surface area contributed by atoms with E-state index in [0.717, 1.165) is 20.3 Å². The Morgan fingerprint density at radius 2 is 1.74 bits per heavy atom. The molecule has 0 aliphatic carbocycles. The van der Waals surface area contributed by atoms with Crippen LogP contribution in [0.4, 0.5) is 0 Å². The van der Waals surface area contributed by atoms with Gasteiger partial charge < -0.3 is 14.2 Å². The molecule has 238 valence electrons. The summed E-state index contributed by atoms with van der Waals surface area (Å²) in [5.74, 6) is 0.537. The first-order valence-electron chi connectivity index (χ1n) is 14.6. The Labute approximate surface area is 298 Å². The molecule has 6 rings (SSSR count). The predicted molar refractivity (Wildman–Crippen MR) is 194 cm³/mol. The lowest BCUT2D eigenvalue weighted by atomic mass is 9.93. The largest absolute Gasteiger partial charge is 0.493 e. The zero-order valence-corrected chi connectivity index (χ0v) is 29.7. The molecule has 7 nitrogen and oxygen atoms in total. The van der Waals surface area contributed by atoms with Crippen molar-refractivity contribution in [1.29, 1.82) is 0 Å². The number of nitrogens with zero attached hydrogens (tertiary/aromatic N) is 2. The van der Waals surface area contributed by atoms with E-state index in [4.69, 9.17) is 42.4 Å². The van der Waals surface area contributed by atoms with Crippen LogP contribution in [0.15, 0.2) is 106 Å². The highest BCUT2D eigenvalue weighted by Crippen LogP contribution is 2.37. The SMILES string of the molecule is CCOC(=O)C1=C(c2ccccc2)N=c2s/c(=C\c3cc(I)c(OCc4ccccc4Cl)c(OC)c3)c(=O)n2[C@H]1c1ccc(Cl)cc1. The molecule has 1 aliphatic rings. The smallest absolute Gasteiger partial charge is 0.338 e. The van der Waals surface area contributed by atoms with E-state index in [1.165, 1.54) is 11.3 Å². The van der Waals surface area contributed by atoms with Gasteiger partial charge in [0.05, 0.1) is 39.1 Å². The zero-order chi connectivity index (χ0) is 33.1. The quantitative estimate of drug-likeness (QED) is 0.115. The number of benzene rings is 4. The van der Waals surface area contributed by atoms with Crippen LogP contribution < -0.4 is 24.4 Å². The number of hydrogen-bond donors (Lipinski definition) is 0. The zero-order valence-electron chi connectivity index (χ0n) is 25.2. The molecule has 0 radical (unpaired) electrons. The Hall–Kier alpha value is -3.90. The van der Waals surface area contributed by atoms with Gasteiger partial charge in [-0.3, -0.25) is 9.36 Å². The summed E-state index contributed by atoms with van der Waals surface area (Å²) < 4.78 is 20.1. The van der Waals surface area contributed by atoms with Gasteiger partial charge in [0.1, 0.15) is 6.61 Å². The van der Waals surface area contributed by atoms with E-state index in [2.05, 4.69) is 22.6 Å². The number of halogens is 3. The van der Waals surface area contributed by atoms with Crippen LogP contribution >= 0.6 is 57.1 Å². The average molecular weight is 797 g/mol. The van der Waals surface area contributed by atoms with Gasteiger partial charge >= 0.3 is 5.97 Å². The average Bonchev–Trinajstić information content (AvgIpc) is 3.38. The van der Waals surface area contributed by atoms with Crippen LogP contribution in [0.25, 0.3) is 11.8 Å². The van der Waals surface area contributed by atoms with E-state index in [-0.39, 0.29) is 24.3 Å². The molecule has 2 heterocycles. The molecule has 0 N–H and O–H groups in total. The number of rotatable bonds is 9. The third kappa shape index (κ3) is 6.89. The molecule has 0 unspecified atom stereocenters. The van der Waals surface area contributed by atoms with Gasteiger partial charge in [-0.2, -0.15) is 0 Å². The summed E-state index contributed by atoms with van der Waals surface area (Å²) in [5, 5.41) is 1.15. The van der Waals surface area contributed by atoms with Crippen molar-refractivity contribution in [2.24, 2.45) is 4.99 Å². The van der Waals surface area contributed by atoms with Crippen molar-refractivity contribution in [3.8, 4) is 11.5 Å². The summed E-state index contributed by atoms with van der Waals surface area (Å²) in [7, 11) is 1.57. The van der Waals surface area contributed by atoms with E-state index in [1.807, 2.05) is 78.9 Å². The number of esters is 1. The third-order valence-corrected chi connectivity index (χ3v) is 9.84. The van der Waals surface area contributed by atoms with E-state index >= 15 is 0 Å². The highest BCUT2D eigenvalue weighted by molar-refractivity contribution is 14.1. The first kappa shape index (κ1) is 33.0. The minimum Gasteiger partial charge on any atom is -0.493 e. The second-order valence-electron chi connectivity index (χ2n) is 10.4. The van der Waals surface area contributed by atoms with Crippen molar-refractivity contribution in [3.05, 3.63) is 152 Å². The number of methoxy groups -OCH3 is 1. The van der Waals surface area contributed by atoms with Gasteiger partial charge in [-0.05, 0) is 77.0 Å². The maximum atomic E-state index is 14.2. The Morgan fingerprint density at radius 1 is 1.02 bits per heavy atom. The van der Waals surface area contributed by atoms with Crippen molar-refractivity contribution >= 4 is 74.9 Å². The molecule has 47 heavy (non-hydrogen) atoms. The molecule has 0 bridgehead atoms. The summed E-state index contributed by atoms with van der Waals surface area (Å²) >= 11 is 16.0. The van der Waals surface area contributed by atoms with Crippen molar-refractivity contribution < 1.29 is 19.0 Å². The lowest BCUT2D eigenvalue weighted by molar-refractivity contribution is -0.138. The molecular weight excluding hydrogens is 770 g/mol. The molecule has 11 heteroatoms. The number of ether oxygens (including phenoxy) is 3. The van der Waals surface area contributed by atoms with E-state index in [9.17, 15) is 9.59 Å². The minimum absolute atomic E-state index is 0.167. The van der Waals surface area contributed by atoms with Crippen LogP contribution in [0.3, 0.4) is 0 Å². The predicted octanol–water partition coefficient (Wildman–Crippen LogP) is 7.43. The van der Waals surface area contributed by atoms with E-state index in [0.29, 0.717) is 42.1 Å². The number of aromatic nitrogens is 1. The van der Waals surface area contributed by atoms with Gasteiger partial charge in [0, 0.05) is 21.2 Å². The molecule has 1 aliphatic heterocycles. The fourth-order valence-corrected chi connectivity index (χ4v) is 7.38. The minimum atomic E-state index is -0.796. The lowest BCUT2D eigenvalue weighted by Gasteiger charge is -2.25. The highest BCUT2D eigenvalue weighted by Gasteiger charge is 2.35. The van der Waals surface area contributed by atoms with Crippen LogP contribution in [0.2, 0.25) is 10.0 Å². The second-order valence-corrected chi connectivity index (χ2v) is 13.4. The number of hydrogen-bond acceptors (Lipinski definition) is 7. The fourth-order valence-electron chi connectivity index (χ4n) is 5.28. The normalized spacial score (nSPS) is 14.4. The fraction of sp³-hybridized carbons (Fsp3) is 0.139. The van der Waals surface area contributed by atoms with Crippen LogP contribution in [0.1, 0.15) is 35.2 Å². The van der Waals surface area contributed by atoms with Crippen LogP contribution in [-0.2, 0) is 16.1 Å². The maximum absolute atomic E-state index is 14.2. The highest BCUT2D eigenvalue weighted by atomic mass is 127. The van der Waals surface area contributed by atoms with Crippen LogP contribution in [0.5, 0.6) is 11.5 Å². The molecule has 0 fully saturated rings. The third-order valence-electron chi connectivity index (χ3n) is 7.44. The van der Waals surface area contributed by atoms with Gasteiger partial charge in [-0.25, -0.2) is 9.79 Å². The van der Waals surface area contributed by atoms with Gasteiger partial charge in [-0.15, -0.1) is 0 Å². The van der Waals surface area contributed by atoms with E-state index < -0.39 is 12.0 Å². The Balaban J connectivity index is 1.49. The molecule has 0 spiro atoms. The molecule has 1 atom stereocenters. The standard InChI is InChI=1S/C36H27Cl2IN2O5S/c1-3-45-35(43)30-31(22-9-5-4-6-10-22)40-36-41(32(30)23-13-15-25(37)16-14-23)34(42)29(47-36)19-21-17-27(39)33(28(18-21)44-2)46-20-24-11-7-8-12-26(24)38/h4-19,32H,3,20H2,1-2H3/b29-19-/t32-/m0/s1. The maximum Gasteiger partial charge on any atom is 0.338 e. The Morgan fingerprint density at radius 3 is 2.45 bits per heavy atom. The van der Waals surface area contributed by atoms with Crippen LogP contribution in [-0.4, -0.2) is 24.3 Å². The summed E-state index contributed by atoms with van der Waals surface area (Å²) in [4.78, 5) is 33.2. The molecule has 1 aromatic heterocycles. The Kier molecular flexibility index (Phi) is 10.2. The summed E-state index contributed by atoms with van der Waals surface area (Å²) in [6.07, 6.45) is 1.79. The number of carbonyl (C=O) groups excluding carboxylic acids is 1. The molecule has 4 aromatic carbocycles. The second kappa shape index (κ2) is 14.5. The van der Waals surface area contributed by atoms with E-state index in [1.54, 1.807) is 36.8 Å². The number of carbonyl (C=O) groups is 1. The van der Waals surface area contributed by atoms with Crippen LogP contribution in [0, 0.1) is 3.57 Å². The summed E-state index contributed by atoms with van der Waals surface area (Å²) in [6.45, 7) is 2.18. The van der Waals surface area contributed by atoms with Crippen molar-refractivity contribution in [2.45, 2.75) is 19.6 Å². The monoisotopic (exact) mass is 796 g/mol. The van der Waals surface area contributed by atoms with Crippen molar-refractivity contribution in [2.75, 3.05) is 13.7 Å². The molecule has 0 amide bonds. The Bertz CT molecular complexity index is 2180. The molecule has 5 aromatic rings. The number of thiazole rings is 1. The molecule has 0 saturated heterocycles. The summed E-state index contributed by atoms with van der Waals surface area (Å²) in [5.41, 5.74) is 3.45. The van der Waals surface area contributed by atoms with Gasteiger partial charge in [0.15, 0.2) is 16.3 Å². The van der Waals surface area contributed by atoms with Crippen molar-refractivity contribution in [1.82, 2.24) is 4.57 Å². The first-order valence-corrected chi connectivity index (χ1v) is 17.2. The van der Waals surface area contributed by atoms with Gasteiger partial charge in [-0.1, -0.05) is 95.2 Å². The van der Waals surface area contributed by atoms with Gasteiger partial charge in [0.2, 0.25) is 0 Å². The molecule has 0 saturated carbocycles. The first-order chi connectivity index (χ1) is 22.8. The van der Waals surface area contributed by atoms with Gasteiger partial charge in [0.25, 0.3) is 5.56 Å². The topological polar surface area (TPSA) is 79.1 Å². The molecular formula is C36H27Cl2IN2O5S.